The molecule has 1 saturated carbocycles. The van der Waals surface area contributed by atoms with Crippen molar-refractivity contribution in [3.8, 4) is 5.75 Å². The Labute approximate surface area is 136 Å². The lowest BCUT2D eigenvalue weighted by Crippen LogP contribution is -2.34. The Kier molecular flexibility index (Phi) is 4.90. The maximum Gasteiger partial charge on any atom is 0.125 e. The molecule has 1 aliphatic heterocycles. The predicted octanol–water partition coefficient (Wildman–Crippen LogP) is 4.49. The molecular weight excluding hydrogens is 326 g/mol. The molecule has 1 aromatic rings. The van der Waals surface area contributed by atoms with Gasteiger partial charge in [-0.15, -0.1) is 0 Å². The first-order valence-electron chi connectivity index (χ1n) is 8.37. The SMILES string of the molecule is CCCNCC1(Cc2cc(Br)cc3c2OCC3)CCCC1. The van der Waals surface area contributed by atoms with Gasteiger partial charge in [0.25, 0.3) is 0 Å². The van der Waals surface area contributed by atoms with Crippen LogP contribution in [0.1, 0.15) is 50.2 Å². The Hall–Kier alpha value is -0.540. The third-order valence-electron chi connectivity index (χ3n) is 4.98. The molecule has 2 nitrogen and oxygen atoms in total. The van der Waals surface area contributed by atoms with Gasteiger partial charge in [0, 0.05) is 17.4 Å². The Balaban J connectivity index is 1.80. The van der Waals surface area contributed by atoms with E-state index in [1.54, 1.807) is 0 Å². The molecule has 0 amide bonds. The second-order valence-corrected chi connectivity index (χ2v) is 7.63. The maximum atomic E-state index is 5.92. The van der Waals surface area contributed by atoms with Gasteiger partial charge in [0.15, 0.2) is 0 Å². The van der Waals surface area contributed by atoms with Crippen LogP contribution in [0.25, 0.3) is 0 Å². The molecule has 0 aromatic heterocycles. The molecule has 0 atom stereocenters. The van der Waals surface area contributed by atoms with Gasteiger partial charge >= 0.3 is 0 Å². The zero-order valence-electron chi connectivity index (χ0n) is 13.0. The van der Waals surface area contributed by atoms with Crippen LogP contribution in [0.15, 0.2) is 16.6 Å². The normalized spacial score (nSPS) is 19.5. The van der Waals surface area contributed by atoms with E-state index in [1.165, 1.54) is 53.5 Å². The highest BCUT2D eigenvalue weighted by molar-refractivity contribution is 9.10. The highest BCUT2D eigenvalue weighted by atomic mass is 79.9. The van der Waals surface area contributed by atoms with E-state index >= 15 is 0 Å². The van der Waals surface area contributed by atoms with Crippen LogP contribution in [-0.2, 0) is 12.8 Å². The first-order chi connectivity index (χ1) is 10.2. The highest BCUT2D eigenvalue weighted by Gasteiger charge is 2.35. The van der Waals surface area contributed by atoms with Gasteiger partial charge in [0.2, 0.25) is 0 Å². The summed E-state index contributed by atoms with van der Waals surface area (Å²) in [5, 5.41) is 3.67. The second-order valence-electron chi connectivity index (χ2n) is 6.71. The lowest BCUT2D eigenvalue weighted by Gasteiger charge is -2.30. The minimum atomic E-state index is 0.440. The third-order valence-corrected chi connectivity index (χ3v) is 5.44. The van der Waals surface area contributed by atoms with Crippen molar-refractivity contribution >= 4 is 15.9 Å². The molecule has 21 heavy (non-hydrogen) atoms. The number of ether oxygens (including phenoxy) is 1. The largest absolute Gasteiger partial charge is 0.493 e. The molecule has 2 aliphatic rings. The molecule has 1 fully saturated rings. The van der Waals surface area contributed by atoms with Gasteiger partial charge in [-0.1, -0.05) is 35.7 Å². The maximum absolute atomic E-state index is 5.92. The van der Waals surface area contributed by atoms with Gasteiger partial charge in [0.1, 0.15) is 5.75 Å². The average Bonchev–Trinajstić information content (AvgIpc) is 3.08. The molecule has 1 aliphatic carbocycles. The van der Waals surface area contributed by atoms with E-state index in [-0.39, 0.29) is 0 Å². The van der Waals surface area contributed by atoms with Crippen molar-refractivity contribution in [1.82, 2.24) is 5.32 Å². The third kappa shape index (κ3) is 3.45. The summed E-state index contributed by atoms with van der Waals surface area (Å²) in [5.74, 6) is 1.18. The summed E-state index contributed by atoms with van der Waals surface area (Å²) in [5.41, 5.74) is 3.24. The molecule has 3 heteroatoms. The Morgan fingerprint density at radius 2 is 2.10 bits per heavy atom. The lowest BCUT2D eigenvalue weighted by atomic mass is 9.79. The number of rotatable bonds is 6. The van der Waals surface area contributed by atoms with Gasteiger partial charge in [-0.25, -0.2) is 0 Å². The number of hydrogen-bond acceptors (Lipinski definition) is 2. The van der Waals surface area contributed by atoms with Crippen molar-refractivity contribution in [2.24, 2.45) is 5.41 Å². The van der Waals surface area contributed by atoms with E-state index in [4.69, 9.17) is 4.74 Å². The summed E-state index contributed by atoms with van der Waals surface area (Å²) in [4.78, 5) is 0. The molecule has 0 spiro atoms. The van der Waals surface area contributed by atoms with Crippen LogP contribution < -0.4 is 10.1 Å². The van der Waals surface area contributed by atoms with E-state index in [1.807, 2.05) is 0 Å². The molecule has 0 saturated heterocycles. The number of nitrogens with one attached hydrogen (secondary N) is 1. The smallest absolute Gasteiger partial charge is 0.125 e. The van der Waals surface area contributed by atoms with E-state index in [0.29, 0.717) is 5.41 Å². The first kappa shape index (κ1) is 15.4. The average molecular weight is 352 g/mol. The van der Waals surface area contributed by atoms with Gasteiger partial charge in [-0.2, -0.15) is 0 Å². The summed E-state index contributed by atoms with van der Waals surface area (Å²) in [6, 6.07) is 4.51. The van der Waals surface area contributed by atoms with Crippen molar-refractivity contribution in [2.45, 2.75) is 51.9 Å². The number of benzene rings is 1. The van der Waals surface area contributed by atoms with Crippen molar-refractivity contribution in [2.75, 3.05) is 19.7 Å². The molecule has 3 rings (SSSR count). The van der Waals surface area contributed by atoms with Crippen LogP contribution in [0.4, 0.5) is 0 Å². The molecule has 0 radical (unpaired) electrons. The second kappa shape index (κ2) is 6.70. The van der Waals surface area contributed by atoms with Gasteiger partial charge in [0.05, 0.1) is 6.61 Å². The van der Waals surface area contributed by atoms with Gasteiger partial charge in [-0.3, -0.25) is 0 Å². The molecule has 0 unspecified atom stereocenters. The zero-order valence-corrected chi connectivity index (χ0v) is 14.6. The fraction of sp³-hybridized carbons (Fsp3) is 0.667. The van der Waals surface area contributed by atoms with Crippen molar-refractivity contribution in [1.29, 1.82) is 0 Å². The fourth-order valence-electron chi connectivity index (χ4n) is 3.95. The Bertz CT molecular complexity index is 494. The minimum absolute atomic E-state index is 0.440. The number of fused-ring (bicyclic) bond motifs is 1. The van der Waals surface area contributed by atoms with Crippen LogP contribution in [0, 0.1) is 5.41 Å². The van der Waals surface area contributed by atoms with Crippen molar-refractivity contribution in [3.63, 3.8) is 0 Å². The van der Waals surface area contributed by atoms with Crippen LogP contribution in [0.5, 0.6) is 5.75 Å². The predicted molar refractivity (Wildman–Crippen MR) is 91.1 cm³/mol. The van der Waals surface area contributed by atoms with Crippen LogP contribution in [0.3, 0.4) is 0 Å². The van der Waals surface area contributed by atoms with Crippen LogP contribution in [-0.4, -0.2) is 19.7 Å². The van der Waals surface area contributed by atoms with E-state index < -0.39 is 0 Å². The van der Waals surface area contributed by atoms with Crippen LogP contribution >= 0.6 is 15.9 Å². The molecule has 1 aromatic carbocycles. The zero-order chi connectivity index (χ0) is 14.7. The first-order valence-corrected chi connectivity index (χ1v) is 9.17. The molecular formula is C18H26BrNO. The summed E-state index contributed by atoms with van der Waals surface area (Å²) in [6.07, 6.45) is 8.89. The molecule has 116 valence electrons. The standard InChI is InChI=1S/C18H26BrNO/c1-2-8-20-13-18(6-3-4-7-18)12-15-11-16(19)10-14-5-9-21-17(14)15/h10-11,20H,2-9,12-13H2,1H3. The molecule has 1 N–H and O–H groups in total. The Morgan fingerprint density at radius 3 is 2.86 bits per heavy atom. The fourth-order valence-corrected chi connectivity index (χ4v) is 4.51. The molecule has 1 heterocycles. The monoisotopic (exact) mass is 351 g/mol. The topological polar surface area (TPSA) is 21.3 Å². The van der Waals surface area contributed by atoms with Crippen LogP contribution in [0.2, 0.25) is 0 Å². The summed E-state index contributed by atoms with van der Waals surface area (Å²) < 4.78 is 7.13. The molecule has 0 bridgehead atoms. The van der Waals surface area contributed by atoms with Gasteiger partial charge in [-0.05, 0) is 60.9 Å². The summed E-state index contributed by atoms with van der Waals surface area (Å²) >= 11 is 3.68. The number of hydrogen-bond donors (Lipinski definition) is 1. The van der Waals surface area contributed by atoms with E-state index in [9.17, 15) is 0 Å². The number of halogens is 1. The van der Waals surface area contributed by atoms with Crippen molar-refractivity contribution < 1.29 is 4.74 Å². The quantitative estimate of drug-likeness (QED) is 0.762. The van der Waals surface area contributed by atoms with Crippen molar-refractivity contribution in [3.05, 3.63) is 27.7 Å². The minimum Gasteiger partial charge on any atom is -0.493 e. The van der Waals surface area contributed by atoms with Gasteiger partial charge < -0.3 is 10.1 Å². The highest BCUT2D eigenvalue weighted by Crippen LogP contribution is 2.44. The summed E-state index contributed by atoms with van der Waals surface area (Å²) in [6.45, 7) is 5.38. The Morgan fingerprint density at radius 1 is 1.29 bits per heavy atom. The van der Waals surface area contributed by atoms with E-state index in [2.05, 4.69) is 40.3 Å². The summed E-state index contributed by atoms with van der Waals surface area (Å²) in [7, 11) is 0. The van der Waals surface area contributed by atoms with E-state index in [0.717, 1.165) is 32.5 Å². The lowest BCUT2D eigenvalue weighted by molar-refractivity contribution is 0.272.